The second kappa shape index (κ2) is 7.13. The van der Waals surface area contributed by atoms with Gasteiger partial charge in [-0.2, -0.15) is 5.10 Å². The lowest BCUT2D eigenvalue weighted by atomic mass is 9.88. The Balaban J connectivity index is 1.47. The van der Waals surface area contributed by atoms with E-state index in [1.54, 1.807) is 12.4 Å². The number of rotatable bonds is 4. The molecule has 2 N–H and O–H groups in total. The third-order valence-corrected chi connectivity index (χ3v) is 6.08. The van der Waals surface area contributed by atoms with E-state index in [1.165, 1.54) is 0 Å². The third-order valence-electron chi connectivity index (χ3n) is 5.38. The number of nitrogens with zero attached hydrogens (tertiary/aromatic N) is 4. The van der Waals surface area contributed by atoms with Gasteiger partial charge >= 0.3 is 0 Å². The van der Waals surface area contributed by atoms with Crippen LogP contribution in [0.25, 0.3) is 10.9 Å². The number of benzene rings is 1. The minimum absolute atomic E-state index is 0.226. The zero-order valence-corrected chi connectivity index (χ0v) is 16.5. The molecule has 1 saturated heterocycles. The Morgan fingerprint density at radius 1 is 1.18 bits per heavy atom. The van der Waals surface area contributed by atoms with Gasteiger partial charge in [-0.15, -0.1) is 0 Å². The summed E-state index contributed by atoms with van der Waals surface area (Å²) in [4.78, 5) is 8.94. The van der Waals surface area contributed by atoms with Crippen LogP contribution in [0, 0.1) is 0 Å². The van der Waals surface area contributed by atoms with Gasteiger partial charge in [0, 0.05) is 29.1 Å². The Morgan fingerprint density at radius 3 is 2.82 bits per heavy atom. The molecule has 1 aliphatic carbocycles. The van der Waals surface area contributed by atoms with Gasteiger partial charge in [-0.25, -0.2) is 19.0 Å². The minimum Gasteiger partial charge on any atom is -0.320 e. The maximum absolute atomic E-state index is 14.4. The van der Waals surface area contributed by atoms with E-state index in [0.29, 0.717) is 46.3 Å². The summed E-state index contributed by atoms with van der Waals surface area (Å²) in [6.45, 7) is 1.12. The first-order valence-electron chi connectivity index (χ1n) is 9.41. The molecule has 1 saturated carbocycles. The molecule has 2 aliphatic rings. The van der Waals surface area contributed by atoms with Crippen LogP contribution in [0.5, 0.6) is 0 Å². The molecule has 3 heterocycles. The first-order chi connectivity index (χ1) is 13.6. The summed E-state index contributed by atoms with van der Waals surface area (Å²) in [5.41, 5.74) is 2.19. The van der Waals surface area contributed by atoms with Crippen LogP contribution in [0.1, 0.15) is 36.8 Å². The van der Waals surface area contributed by atoms with Gasteiger partial charge in [-0.05, 0) is 43.5 Å². The Hall–Kier alpha value is -1.96. The SMILES string of the molecule is F[C@@H]1CNCC[C@H]1c1cc2nc(Nc3cnn(C4CC4)c3Cl)ncc2cc1Cl. The number of hydrogen-bond donors (Lipinski definition) is 2. The third kappa shape index (κ3) is 3.32. The van der Waals surface area contributed by atoms with Crippen molar-refractivity contribution in [1.29, 1.82) is 0 Å². The highest BCUT2D eigenvalue weighted by molar-refractivity contribution is 6.32. The van der Waals surface area contributed by atoms with Crippen molar-refractivity contribution in [2.45, 2.75) is 37.4 Å². The lowest BCUT2D eigenvalue weighted by Crippen LogP contribution is -2.36. The lowest BCUT2D eigenvalue weighted by molar-refractivity contribution is 0.231. The molecule has 0 amide bonds. The Bertz CT molecular complexity index is 1030. The summed E-state index contributed by atoms with van der Waals surface area (Å²) in [6.07, 6.45) is 5.33. The van der Waals surface area contributed by atoms with Crippen molar-refractivity contribution in [3.63, 3.8) is 0 Å². The molecule has 1 aliphatic heterocycles. The number of fused-ring (bicyclic) bond motifs is 1. The Morgan fingerprint density at radius 2 is 2.04 bits per heavy atom. The van der Waals surface area contributed by atoms with Crippen molar-refractivity contribution in [2.24, 2.45) is 0 Å². The van der Waals surface area contributed by atoms with Gasteiger partial charge in [-0.3, -0.25) is 0 Å². The predicted molar refractivity (Wildman–Crippen MR) is 108 cm³/mol. The summed E-state index contributed by atoms with van der Waals surface area (Å²) in [7, 11) is 0. The molecule has 0 radical (unpaired) electrons. The quantitative estimate of drug-likeness (QED) is 0.643. The molecule has 0 spiro atoms. The van der Waals surface area contributed by atoms with Crippen LogP contribution in [-0.4, -0.2) is 39.0 Å². The molecule has 0 unspecified atom stereocenters. The fraction of sp³-hybridized carbons (Fsp3) is 0.421. The number of hydrogen-bond acceptors (Lipinski definition) is 5. The van der Waals surface area contributed by atoms with E-state index in [4.69, 9.17) is 23.2 Å². The van der Waals surface area contributed by atoms with Gasteiger partial charge in [0.25, 0.3) is 0 Å². The average molecular weight is 421 g/mol. The molecular weight excluding hydrogens is 402 g/mol. The van der Waals surface area contributed by atoms with E-state index >= 15 is 0 Å². The summed E-state index contributed by atoms with van der Waals surface area (Å²) >= 11 is 12.9. The summed E-state index contributed by atoms with van der Waals surface area (Å²) in [5, 5.41) is 12.5. The van der Waals surface area contributed by atoms with Gasteiger partial charge < -0.3 is 10.6 Å². The highest BCUT2D eigenvalue weighted by atomic mass is 35.5. The van der Waals surface area contributed by atoms with Crippen LogP contribution >= 0.6 is 23.2 Å². The second-order valence-corrected chi connectivity index (χ2v) is 8.16. The summed E-state index contributed by atoms with van der Waals surface area (Å²) in [5.74, 6) is 0.191. The van der Waals surface area contributed by atoms with Crippen molar-refractivity contribution in [2.75, 3.05) is 18.4 Å². The molecule has 3 aromatic rings. The molecule has 2 fully saturated rings. The number of alkyl halides is 1. The van der Waals surface area contributed by atoms with Crippen LogP contribution in [0.4, 0.5) is 16.0 Å². The molecule has 1 aromatic carbocycles. The molecule has 6 nitrogen and oxygen atoms in total. The van der Waals surface area contributed by atoms with Crippen molar-refractivity contribution in [3.8, 4) is 0 Å². The fourth-order valence-corrected chi connectivity index (χ4v) is 4.30. The minimum atomic E-state index is -0.963. The zero-order valence-electron chi connectivity index (χ0n) is 15.0. The van der Waals surface area contributed by atoms with Gasteiger partial charge in [0.15, 0.2) is 5.15 Å². The van der Waals surface area contributed by atoms with E-state index in [9.17, 15) is 4.39 Å². The molecule has 146 valence electrons. The van der Waals surface area contributed by atoms with E-state index in [0.717, 1.165) is 30.3 Å². The van der Waals surface area contributed by atoms with E-state index in [-0.39, 0.29) is 5.92 Å². The lowest BCUT2D eigenvalue weighted by Gasteiger charge is -2.27. The monoisotopic (exact) mass is 420 g/mol. The van der Waals surface area contributed by atoms with Gasteiger partial charge in [0.2, 0.25) is 5.95 Å². The van der Waals surface area contributed by atoms with Gasteiger partial charge in [0.1, 0.15) is 6.17 Å². The number of halogens is 3. The summed E-state index contributed by atoms with van der Waals surface area (Å²) in [6, 6.07) is 4.08. The largest absolute Gasteiger partial charge is 0.320 e. The van der Waals surface area contributed by atoms with Crippen LogP contribution in [0.15, 0.2) is 24.5 Å². The van der Waals surface area contributed by atoms with Crippen molar-refractivity contribution >= 4 is 45.7 Å². The predicted octanol–water partition coefficient (Wildman–Crippen LogP) is 4.63. The standard InChI is InChI=1S/C19H19Cl2FN6/c20-14-5-10-7-24-19(27-17-9-25-28(18(17)21)11-1-2-11)26-16(10)6-13(14)12-3-4-23-8-15(12)22/h5-7,9,11-12,15,23H,1-4,8H2,(H,24,26,27)/t12-,15+/m0/s1. The van der Waals surface area contributed by atoms with Gasteiger partial charge in [-0.1, -0.05) is 23.2 Å². The number of aromatic nitrogens is 4. The normalized spacial score (nSPS) is 22.5. The topological polar surface area (TPSA) is 67.7 Å². The number of nitrogens with one attached hydrogen (secondary N) is 2. The zero-order chi connectivity index (χ0) is 19.3. The van der Waals surface area contributed by atoms with Crippen LogP contribution in [-0.2, 0) is 0 Å². The second-order valence-electron chi connectivity index (χ2n) is 7.39. The summed E-state index contributed by atoms with van der Waals surface area (Å²) < 4.78 is 16.2. The van der Waals surface area contributed by atoms with Crippen molar-refractivity contribution < 1.29 is 4.39 Å². The van der Waals surface area contributed by atoms with Gasteiger partial charge in [0.05, 0.1) is 23.4 Å². The van der Waals surface area contributed by atoms with E-state index < -0.39 is 6.17 Å². The Kier molecular flexibility index (Phi) is 4.61. The number of piperidine rings is 1. The fourth-order valence-electron chi connectivity index (χ4n) is 3.71. The smallest absolute Gasteiger partial charge is 0.227 e. The average Bonchev–Trinajstić information content (AvgIpc) is 3.47. The Labute approximate surface area is 171 Å². The molecule has 2 atom stereocenters. The first-order valence-corrected chi connectivity index (χ1v) is 10.2. The molecule has 9 heteroatoms. The van der Waals surface area contributed by atoms with Crippen LogP contribution in [0.3, 0.4) is 0 Å². The molecule has 0 bridgehead atoms. The van der Waals surface area contributed by atoms with Crippen molar-refractivity contribution in [3.05, 3.63) is 40.3 Å². The molecule has 2 aromatic heterocycles. The highest BCUT2D eigenvalue weighted by Gasteiger charge is 2.29. The van der Waals surface area contributed by atoms with E-state index in [2.05, 4.69) is 25.7 Å². The van der Waals surface area contributed by atoms with E-state index in [1.807, 2.05) is 16.8 Å². The molecule has 5 rings (SSSR count). The maximum Gasteiger partial charge on any atom is 0.227 e. The maximum atomic E-state index is 14.4. The molecule has 28 heavy (non-hydrogen) atoms. The highest BCUT2D eigenvalue weighted by Crippen LogP contribution is 2.39. The molecular formula is C19H19Cl2FN6. The van der Waals surface area contributed by atoms with Crippen molar-refractivity contribution in [1.82, 2.24) is 25.1 Å². The number of anilines is 2. The van der Waals surface area contributed by atoms with Crippen LogP contribution in [0.2, 0.25) is 10.2 Å². The van der Waals surface area contributed by atoms with Crippen LogP contribution < -0.4 is 10.6 Å². The first kappa shape index (κ1) is 18.1.